The molecule has 1 fully saturated rings. The van der Waals surface area contributed by atoms with Gasteiger partial charge < -0.3 is 10.6 Å². The van der Waals surface area contributed by atoms with Crippen LogP contribution in [0.15, 0.2) is 18.2 Å². The Hall–Kier alpha value is -1.35. The van der Waals surface area contributed by atoms with Crippen molar-refractivity contribution < 1.29 is 4.79 Å². The van der Waals surface area contributed by atoms with Crippen molar-refractivity contribution in [2.24, 2.45) is 0 Å². The van der Waals surface area contributed by atoms with Gasteiger partial charge in [-0.15, -0.1) is 0 Å². The highest BCUT2D eigenvalue weighted by atomic mass is 16.1. The summed E-state index contributed by atoms with van der Waals surface area (Å²) in [6, 6.07) is 6.63. The number of carbonyl (C=O) groups is 1. The minimum atomic E-state index is 0.123. The van der Waals surface area contributed by atoms with Gasteiger partial charge in [0.05, 0.1) is 6.42 Å². The summed E-state index contributed by atoms with van der Waals surface area (Å²) in [5.41, 5.74) is 3.53. The van der Waals surface area contributed by atoms with Gasteiger partial charge in [-0.25, -0.2) is 0 Å². The summed E-state index contributed by atoms with van der Waals surface area (Å²) >= 11 is 0. The van der Waals surface area contributed by atoms with E-state index < -0.39 is 0 Å². The molecular weight excluding hydrogens is 200 g/mol. The lowest BCUT2D eigenvalue weighted by atomic mass is 9.92. The van der Waals surface area contributed by atoms with E-state index in [-0.39, 0.29) is 5.91 Å². The fourth-order valence-electron chi connectivity index (χ4n) is 2.72. The van der Waals surface area contributed by atoms with Gasteiger partial charge in [0, 0.05) is 11.7 Å². The molecule has 2 N–H and O–H groups in total. The molecule has 0 spiro atoms. The van der Waals surface area contributed by atoms with Crippen molar-refractivity contribution in [3.05, 3.63) is 29.3 Å². The minimum Gasteiger partial charge on any atom is -0.326 e. The quantitative estimate of drug-likeness (QED) is 0.753. The van der Waals surface area contributed by atoms with Crippen LogP contribution in [-0.4, -0.2) is 12.5 Å². The predicted molar refractivity (Wildman–Crippen MR) is 63.4 cm³/mol. The fourth-order valence-corrected chi connectivity index (χ4v) is 2.72. The highest BCUT2D eigenvalue weighted by molar-refractivity contribution is 5.99. The molecule has 0 bridgehead atoms. The first-order valence-corrected chi connectivity index (χ1v) is 5.99. The fraction of sp³-hybridized carbons (Fsp3) is 0.462. The number of carbonyl (C=O) groups excluding carboxylic acids is 1. The third-order valence-electron chi connectivity index (χ3n) is 3.51. The predicted octanol–water partition coefficient (Wildman–Crippen LogP) is 2.00. The number of piperidine rings is 1. The average Bonchev–Trinajstić information content (AvgIpc) is 2.70. The van der Waals surface area contributed by atoms with Crippen LogP contribution in [0.25, 0.3) is 0 Å². The molecule has 3 rings (SSSR count). The maximum Gasteiger partial charge on any atom is 0.228 e. The zero-order valence-electron chi connectivity index (χ0n) is 9.25. The van der Waals surface area contributed by atoms with E-state index in [0.29, 0.717) is 12.5 Å². The molecule has 1 saturated heterocycles. The monoisotopic (exact) mass is 216 g/mol. The molecule has 0 saturated carbocycles. The van der Waals surface area contributed by atoms with E-state index in [1.54, 1.807) is 0 Å². The number of fused-ring (bicyclic) bond motifs is 1. The molecule has 0 aromatic heterocycles. The van der Waals surface area contributed by atoms with Crippen molar-refractivity contribution in [3.63, 3.8) is 0 Å². The maximum absolute atomic E-state index is 11.4. The van der Waals surface area contributed by atoms with Crippen LogP contribution in [0.3, 0.4) is 0 Å². The number of anilines is 1. The van der Waals surface area contributed by atoms with Gasteiger partial charge in [-0.1, -0.05) is 18.6 Å². The first-order valence-electron chi connectivity index (χ1n) is 5.99. The summed E-state index contributed by atoms with van der Waals surface area (Å²) < 4.78 is 0. The van der Waals surface area contributed by atoms with Crippen molar-refractivity contribution in [1.82, 2.24) is 5.32 Å². The van der Waals surface area contributed by atoms with Gasteiger partial charge in [-0.2, -0.15) is 0 Å². The SMILES string of the molecule is O=C1Cc2c(cccc2[C@@H]2CCCCN2)N1. The number of benzene rings is 1. The molecule has 2 heterocycles. The topological polar surface area (TPSA) is 41.1 Å². The first-order chi connectivity index (χ1) is 7.84. The van der Waals surface area contributed by atoms with Crippen LogP contribution in [0.4, 0.5) is 5.69 Å². The molecule has 1 amide bonds. The Bertz CT molecular complexity index is 422. The van der Waals surface area contributed by atoms with Gasteiger partial charge in [-0.05, 0) is 36.6 Å². The minimum absolute atomic E-state index is 0.123. The van der Waals surface area contributed by atoms with Crippen LogP contribution in [-0.2, 0) is 11.2 Å². The summed E-state index contributed by atoms with van der Waals surface area (Å²) in [4.78, 5) is 11.4. The summed E-state index contributed by atoms with van der Waals surface area (Å²) in [5.74, 6) is 0.123. The third-order valence-corrected chi connectivity index (χ3v) is 3.51. The van der Waals surface area contributed by atoms with Gasteiger partial charge in [-0.3, -0.25) is 4.79 Å². The average molecular weight is 216 g/mol. The number of amides is 1. The summed E-state index contributed by atoms with van der Waals surface area (Å²) in [7, 11) is 0. The van der Waals surface area contributed by atoms with Crippen LogP contribution >= 0.6 is 0 Å². The Balaban J connectivity index is 1.95. The molecule has 2 aliphatic rings. The molecule has 1 aromatic carbocycles. The van der Waals surface area contributed by atoms with Gasteiger partial charge in [0.15, 0.2) is 0 Å². The van der Waals surface area contributed by atoms with Crippen LogP contribution in [0, 0.1) is 0 Å². The molecule has 0 unspecified atom stereocenters. The lowest BCUT2D eigenvalue weighted by Gasteiger charge is -2.25. The normalized spacial score (nSPS) is 24.0. The van der Waals surface area contributed by atoms with E-state index in [0.717, 1.165) is 12.2 Å². The molecular formula is C13H16N2O. The summed E-state index contributed by atoms with van der Waals surface area (Å²) in [6.07, 6.45) is 4.28. The van der Waals surface area contributed by atoms with Crippen molar-refractivity contribution in [3.8, 4) is 0 Å². The molecule has 1 aromatic rings. The van der Waals surface area contributed by atoms with Crippen LogP contribution in [0.5, 0.6) is 0 Å². The zero-order chi connectivity index (χ0) is 11.0. The van der Waals surface area contributed by atoms with Crippen LogP contribution < -0.4 is 10.6 Å². The van der Waals surface area contributed by atoms with Gasteiger partial charge >= 0.3 is 0 Å². The van der Waals surface area contributed by atoms with Gasteiger partial charge in [0.1, 0.15) is 0 Å². The van der Waals surface area contributed by atoms with Crippen LogP contribution in [0.1, 0.15) is 36.4 Å². The standard InChI is InChI=1S/C13H16N2O/c16-13-8-10-9(4-3-6-12(10)15-13)11-5-1-2-7-14-11/h3-4,6,11,14H,1-2,5,7-8H2,(H,15,16)/t11-/m0/s1. The Kier molecular flexibility index (Phi) is 2.40. The van der Waals surface area contributed by atoms with Crippen LogP contribution in [0.2, 0.25) is 0 Å². The second-order valence-corrected chi connectivity index (χ2v) is 4.60. The number of hydrogen-bond acceptors (Lipinski definition) is 2. The third kappa shape index (κ3) is 1.61. The van der Waals surface area contributed by atoms with Crippen molar-refractivity contribution in [2.75, 3.05) is 11.9 Å². The number of hydrogen-bond donors (Lipinski definition) is 2. The molecule has 0 radical (unpaired) electrons. The second-order valence-electron chi connectivity index (χ2n) is 4.60. The number of rotatable bonds is 1. The van der Waals surface area contributed by atoms with E-state index in [1.807, 2.05) is 12.1 Å². The molecule has 0 aliphatic carbocycles. The van der Waals surface area contributed by atoms with E-state index in [1.165, 1.54) is 30.4 Å². The lowest BCUT2D eigenvalue weighted by molar-refractivity contribution is -0.115. The maximum atomic E-state index is 11.4. The Morgan fingerprint density at radius 2 is 2.19 bits per heavy atom. The molecule has 84 valence electrons. The van der Waals surface area contributed by atoms with E-state index >= 15 is 0 Å². The summed E-state index contributed by atoms with van der Waals surface area (Å²) in [5, 5.41) is 6.45. The Morgan fingerprint density at radius 1 is 1.25 bits per heavy atom. The summed E-state index contributed by atoms with van der Waals surface area (Å²) in [6.45, 7) is 1.09. The molecule has 1 atom stereocenters. The van der Waals surface area contributed by atoms with E-state index in [4.69, 9.17) is 0 Å². The molecule has 16 heavy (non-hydrogen) atoms. The van der Waals surface area contributed by atoms with Crippen molar-refractivity contribution >= 4 is 11.6 Å². The molecule has 2 aliphatic heterocycles. The largest absolute Gasteiger partial charge is 0.326 e. The van der Waals surface area contributed by atoms with Gasteiger partial charge in [0.2, 0.25) is 5.91 Å². The first kappa shape index (κ1) is 9.85. The van der Waals surface area contributed by atoms with E-state index in [9.17, 15) is 4.79 Å². The highest BCUT2D eigenvalue weighted by Gasteiger charge is 2.25. The smallest absolute Gasteiger partial charge is 0.228 e. The van der Waals surface area contributed by atoms with Gasteiger partial charge in [0.25, 0.3) is 0 Å². The lowest BCUT2D eigenvalue weighted by Crippen LogP contribution is -2.27. The zero-order valence-corrected chi connectivity index (χ0v) is 9.25. The van der Waals surface area contributed by atoms with Crippen molar-refractivity contribution in [2.45, 2.75) is 31.7 Å². The Morgan fingerprint density at radius 3 is 3.00 bits per heavy atom. The molecule has 3 heteroatoms. The van der Waals surface area contributed by atoms with E-state index in [2.05, 4.69) is 16.7 Å². The Labute approximate surface area is 95.2 Å². The van der Waals surface area contributed by atoms with Crippen molar-refractivity contribution in [1.29, 1.82) is 0 Å². The number of nitrogens with one attached hydrogen (secondary N) is 2. The highest BCUT2D eigenvalue weighted by Crippen LogP contribution is 2.33. The molecule has 3 nitrogen and oxygen atoms in total. The second kappa shape index (κ2) is 3.91.